The minimum absolute atomic E-state index is 0.0851. The average Bonchev–Trinajstić information content (AvgIpc) is 2.83. The van der Waals surface area contributed by atoms with Gasteiger partial charge in [-0.15, -0.1) is 0 Å². The highest BCUT2D eigenvalue weighted by molar-refractivity contribution is 6.03. The molecular formula is C16H22N2O4. The number of hydrogen-bond donors (Lipinski definition) is 2. The molecule has 0 saturated carbocycles. The summed E-state index contributed by atoms with van der Waals surface area (Å²) < 4.78 is 0. The highest BCUT2D eigenvalue weighted by Crippen LogP contribution is 2.25. The first kappa shape index (κ1) is 16.3. The number of carbonyl (C=O) groups excluding carboxylic acids is 2. The number of rotatable bonds is 4. The van der Waals surface area contributed by atoms with Gasteiger partial charge in [0.05, 0.1) is 0 Å². The number of hydrogen-bond acceptors (Lipinski definition) is 3. The molecule has 0 bridgehead atoms. The number of nitrogens with one attached hydrogen (secondary N) is 1. The number of nitrogens with zero attached hydrogens (tertiary/aromatic N) is 1. The van der Waals surface area contributed by atoms with E-state index in [0.29, 0.717) is 41.9 Å². The number of amides is 1. The van der Waals surface area contributed by atoms with Gasteiger partial charge in [0.2, 0.25) is 0 Å². The lowest BCUT2D eigenvalue weighted by molar-refractivity contribution is -0.143. The van der Waals surface area contributed by atoms with Gasteiger partial charge in [-0.1, -0.05) is 6.92 Å². The maximum absolute atomic E-state index is 12.8. The Balaban J connectivity index is 2.42. The molecule has 2 rings (SSSR count). The molecule has 1 fully saturated rings. The fraction of sp³-hybridized carbons (Fsp3) is 0.562. The van der Waals surface area contributed by atoms with Gasteiger partial charge in [0.1, 0.15) is 11.7 Å². The number of aromatic amines is 1. The van der Waals surface area contributed by atoms with E-state index >= 15 is 0 Å². The van der Waals surface area contributed by atoms with E-state index in [9.17, 15) is 19.5 Å². The highest BCUT2D eigenvalue weighted by atomic mass is 16.4. The van der Waals surface area contributed by atoms with E-state index in [2.05, 4.69) is 4.98 Å². The summed E-state index contributed by atoms with van der Waals surface area (Å²) in [5.41, 5.74) is 2.26. The Morgan fingerprint density at radius 2 is 2.00 bits per heavy atom. The summed E-state index contributed by atoms with van der Waals surface area (Å²) in [6, 6.07) is -0.782. The maximum atomic E-state index is 12.8. The molecule has 1 atom stereocenters. The Hall–Kier alpha value is -2.11. The summed E-state index contributed by atoms with van der Waals surface area (Å²) >= 11 is 0. The molecule has 1 aliphatic rings. The molecule has 1 saturated heterocycles. The van der Waals surface area contributed by atoms with Crippen molar-refractivity contribution >= 4 is 17.7 Å². The predicted molar refractivity (Wildman–Crippen MR) is 81.2 cm³/mol. The summed E-state index contributed by atoms with van der Waals surface area (Å²) in [6.07, 6.45) is 2.63. The zero-order valence-electron chi connectivity index (χ0n) is 13.2. The lowest BCUT2D eigenvalue weighted by atomic mass is 9.99. The fourth-order valence-corrected chi connectivity index (χ4v) is 3.26. The average molecular weight is 306 g/mol. The summed E-state index contributed by atoms with van der Waals surface area (Å²) in [5, 5.41) is 9.32. The van der Waals surface area contributed by atoms with Crippen LogP contribution in [0.4, 0.5) is 0 Å². The number of aromatic nitrogens is 1. The summed E-state index contributed by atoms with van der Waals surface area (Å²) in [6.45, 7) is 5.56. The van der Waals surface area contributed by atoms with E-state index in [0.717, 1.165) is 12.8 Å². The van der Waals surface area contributed by atoms with E-state index in [1.165, 1.54) is 11.8 Å². The van der Waals surface area contributed by atoms with Crippen molar-refractivity contribution in [1.29, 1.82) is 0 Å². The molecule has 6 heteroatoms. The molecule has 1 aromatic heterocycles. The molecule has 22 heavy (non-hydrogen) atoms. The van der Waals surface area contributed by atoms with Crippen LogP contribution in [0, 0.1) is 6.92 Å². The van der Waals surface area contributed by atoms with Crippen molar-refractivity contribution in [3.63, 3.8) is 0 Å². The second kappa shape index (κ2) is 6.34. The number of carbonyl (C=O) groups is 3. The predicted octanol–water partition coefficient (Wildman–Crippen LogP) is 2.17. The van der Waals surface area contributed by atoms with Crippen molar-refractivity contribution in [2.45, 2.75) is 52.5 Å². The minimum atomic E-state index is -0.971. The van der Waals surface area contributed by atoms with Gasteiger partial charge in [-0.2, -0.15) is 0 Å². The van der Waals surface area contributed by atoms with Crippen LogP contribution in [0.1, 0.15) is 65.2 Å². The molecule has 1 unspecified atom stereocenters. The molecule has 120 valence electrons. The Labute approximate surface area is 129 Å². The zero-order chi connectivity index (χ0) is 16.4. The SMILES string of the molecule is CCc1c(C(=O)N2CCCCC2C(=O)O)[nH]c(C)c1C(C)=O. The Kier molecular flexibility index (Phi) is 4.68. The standard InChI is InChI=1S/C16H22N2O4/c1-4-11-13(10(3)19)9(2)17-14(11)15(20)18-8-6-5-7-12(18)16(21)22/h12,17H,4-8H2,1-3H3,(H,21,22). The van der Waals surface area contributed by atoms with Gasteiger partial charge in [0, 0.05) is 17.8 Å². The lowest BCUT2D eigenvalue weighted by Crippen LogP contribution is -2.48. The van der Waals surface area contributed by atoms with Crippen molar-refractivity contribution < 1.29 is 19.5 Å². The van der Waals surface area contributed by atoms with E-state index in [1.54, 1.807) is 6.92 Å². The van der Waals surface area contributed by atoms with Crippen LogP contribution in [0.2, 0.25) is 0 Å². The van der Waals surface area contributed by atoms with Crippen LogP contribution in [0.3, 0.4) is 0 Å². The second-order valence-electron chi connectivity index (χ2n) is 5.74. The highest BCUT2D eigenvalue weighted by Gasteiger charge is 2.34. The molecule has 2 heterocycles. The summed E-state index contributed by atoms with van der Waals surface area (Å²) in [7, 11) is 0. The number of Topliss-reactive ketones (excluding diaryl/α,β-unsaturated/α-hetero) is 1. The normalized spacial score (nSPS) is 18.3. The minimum Gasteiger partial charge on any atom is -0.480 e. The monoisotopic (exact) mass is 306 g/mol. The van der Waals surface area contributed by atoms with Gasteiger partial charge in [-0.25, -0.2) is 4.79 Å². The Morgan fingerprint density at radius 3 is 2.55 bits per heavy atom. The van der Waals surface area contributed by atoms with Crippen molar-refractivity contribution in [2.24, 2.45) is 0 Å². The molecular weight excluding hydrogens is 284 g/mol. The molecule has 2 N–H and O–H groups in total. The van der Waals surface area contributed by atoms with Crippen LogP contribution >= 0.6 is 0 Å². The molecule has 1 aromatic rings. The number of aliphatic carboxylic acids is 1. The summed E-state index contributed by atoms with van der Waals surface area (Å²) in [4.78, 5) is 40.4. The Bertz CT molecular complexity index is 618. The van der Waals surface area contributed by atoms with Gasteiger partial charge in [0.15, 0.2) is 5.78 Å². The first-order chi connectivity index (χ1) is 10.4. The smallest absolute Gasteiger partial charge is 0.326 e. The molecule has 0 aliphatic carbocycles. The number of piperidine rings is 1. The second-order valence-corrected chi connectivity index (χ2v) is 5.74. The summed E-state index contributed by atoms with van der Waals surface area (Å²) in [5.74, 6) is -1.38. The van der Waals surface area contributed by atoms with Crippen LogP contribution in [0.5, 0.6) is 0 Å². The molecule has 1 aliphatic heterocycles. The van der Waals surface area contributed by atoms with Crippen LogP contribution in [-0.4, -0.2) is 45.2 Å². The van der Waals surface area contributed by atoms with Crippen molar-refractivity contribution in [2.75, 3.05) is 6.54 Å². The van der Waals surface area contributed by atoms with Crippen molar-refractivity contribution in [3.05, 3.63) is 22.5 Å². The molecule has 0 radical (unpaired) electrons. The number of ketones is 1. The van der Waals surface area contributed by atoms with Crippen LogP contribution < -0.4 is 0 Å². The number of aryl methyl sites for hydroxylation is 1. The fourth-order valence-electron chi connectivity index (χ4n) is 3.26. The maximum Gasteiger partial charge on any atom is 0.326 e. The topological polar surface area (TPSA) is 90.5 Å². The van der Waals surface area contributed by atoms with Crippen molar-refractivity contribution in [3.8, 4) is 0 Å². The van der Waals surface area contributed by atoms with Crippen LogP contribution in [0.15, 0.2) is 0 Å². The van der Waals surface area contributed by atoms with Gasteiger partial charge in [-0.05, 0) is 45.1 Å². The van der Waals surface area contributed by atoms with Crippen molar-refractivity contribution in [1.82, 2.24) is 9.88 Å². The van der Waals surface area contributed by atoms with Gasteiger partial charge < -0.3 is 15.0 Å². The van der Waals surface area contributed by atoms with Gasteiger partial charge in [-0.3, -0.25) is 9.59 Å². The van der Waals surface area contributed by atoms with E-state index in [4.69, 9.17) is 0 Å². The lowest BCUT2D eigenvalue weighted by Gasteiger charge is -2.32. The molecule has 6 nitrogen and oxygen atoms in total. The largest absolute Gasteiger partial charge is 0.480 e. The zero-order valence-corrected chi connectivity index (χ0v) is 13.2. The van der Waals surface area contributed by atoms with E-state index in [-0.39, 0.29) is 11.7 Å². The first-order valence-corrected chi connectivity index (χ1v) is 7.64. The van der Waals surface area contributed by atoms with Crippen LogP contribution in [0.25, 0.3) is 0 Å². The molecule has 1 amide bonds. The van der Waals surface area contributed by atoms with Gasteiger partial charge >= 0.3 is 5.97 Å². The van der Waals surface area contributed by atoms with Gasteiger partial charge in [0.25, 0.3) is 5.91 Å². The van der Waals surface area contributed by atoms with Crippen LogP contribution in [-0.2, 0) is 11.2 Å². The third-order valence-corrected chi connectivity index (χ3v) is 4.26. The molecule has 0 spiro atoms. The third-order valence-electron chi connectivity index (χ3n) is 4.26. The number of likely N-dealkylation sites (tertiary alicyclic amines) is 1. The van der Waals surface area contributed by atoms with E-state index < -0.39 is 12.0 Å². The third kappa shape index (κ3) is 2.77. The molecule has 0 aromatic carbocycles. The Morgan fingerprint density at radius 1 is 1.32 bits per heavy atom. The first-order valence-electron chi connectivity index (χ1n) is 7.64. The number of carboxylic acid groups (broad SMARTS) is 1. The number of carboxylic acids is 1. The number of H-pyrrole nitrogens is 1. The quantitative estimate of drug-likeness (QED) is 0.834. The van der Waals surface area contributed by atoms with E-state index in [1.807, 2.05) is 6.92 Å².